The monoisotopic (exact) mass is 435 g/mol. The van der Waals surface area contributed by atoms with Crippen LogP contribution in [0.1, 0.15) is 18.2 Å². The van der Waals surface area contributed by atoms with Gasteiger partial charge in [-0.15, -0.1) is 0 Å². The smallest absolute Gasteiger partial charge is 0.306 e. The van der Waals surface area contributed by atoms with Gasteiger partial charge in [-0.3, -0.25) is 9.88 Å². The van der Waals surface area contributed by atoms with E-state index in [2.05, 4.69) is 20.5 Å². The van der Waals surface area contributed by atoms with Gasteiger partial charge >= 0.3 is 6.03 Å². The van der Waals surface area contributed by atoms with E-state index in [1.807, 2.05) is 6.92 Å². The van der Waals surface area contributed by atoms with Gasteiger partial charge in [0, 0.05) is 38.4 Å². The minimum Gasteiger partial charge on any atom is -0.306 e. The van der Waals surface area contributed by atoms with Gasteiger partial charge in [-0.25, -0.2) is 17.6 Å². The number of piperazine rings is 1. The molecule has 0 aliphatic carbocycles. The third-order valence-corrected chi connectivity index (χ3v) is 6.83. The lowest BCUT2D eigenvalue weighted by atomic mass is 10.1. The number of sulfonamides is 1. The standard InChI is InChI=1S/C20H26FN5O3S/c1-3-30(28,29)26-10-8-25(9-11-26)14-16-5-7-19(18(21)12-16)24-20(27)23-17-6-4-15(2)22-13-17/h4-7,12-13H,3,8-11,14H2,1-2H3,(H2,23,24,27). The summed E-state index contributed by atoms with van der Waals surface area (Å²) in [5.41, 5.74) is 2.18. The first-order chi connectivity index (χ1) is 14.3. The van der Waals surface area contributed by atoms with Crippen molar-refractivity contribution in [3.8, 4) is 0 Å². The highest BCUT2D eigenvalue weighted by Gasteiger charge is 2.25. The second-order valence-electron chi connectivity index (χ2n) is 7.16. The van der Waals surface area contributed by atoms with Crippen molar-refractivity contribution in [2.24, 2.45) is 0 Å². The van der Waals surface area contributed by atoms with Gasteiger partial charge in [-0.2, -0.15) is 4.31 Å². The van der Waals surface area contributed by atoms with E-state index in [-0.39, 0.29) is 11.4 Å². The highest BCUT2D eigenvalue weighted by Crippen LogP contribution is 2.19. The number of aryl methyl sites for hydroxylation is 1. The summed E-state index contributed by atoms with van der Waals surface area (Å²) in [7, 11) is -3.17. The van der Waals surface area contributed by atoms with Crippen LogP contribution in [0.4, 0.5) is 20.6 Å². The number of nitrogens with one attached hydrogen (secondary N) is 2. The molecule has 0 spiro atoms. The Balaban J connectivity index is 1.54. The molecule has 0 radical (unpaired) electrons. The van der Waals surface area contributed by atoms with Crippen LogP contribution in [0.2, 0.25) is 0 Å². The van der Waals surface area contributed by atoms with Crippen molar-refractivity contribution in [2.75, 3.05) is 42.6 Å². The van der Waals surface area contributed by atoms with Crippen molar-refractivity contribution < 1.29 is 17.6 Å². The fourth-order valence-corrected chi connectivity index (χ4v) is 4.28. The SMILES string of the molecule is CCS(=O)(=O)N1CCN(Cc2ccc(NC(=O)Nc3ccc(C)nc3)c(F)c2)CC1. The molecule has 1 fully saturated rings. The largest absolute Gasteiger partial charge is 0.323 e. The van der Waals surface area contributed by atoms with E-state index < -0.39 is 21.9 Å². The minimum absolute atomic E-state index is 0.0789. The molecule has 2 amide bonds. The number of anilines is 2. The van der Waals surface area contributed by atoms with Gasteiger partial charge in [0.2, 0.25) is 10.0 Å². The van der Waals surface area contributed by atoms with Gasteiger partial charge < -0.3 is 10.6 Å². The number of amides is 2. The lowest BCUT2D eigenvalue weighted by molar-refractivity contribution is 0.181. The first-order valence-corrected chi connectivity index (χ1v) is 11.4. The minimum atomic E-state index is -3.17. The van der Waals surface area contributed by atoms with Crippen LogP contribution in [-0.2, 0) is 16.6 Å². The van der Waals surface area contributed by atoms with Crippen molar-refractivity contribution in [1.29, 1.82) is 0 Å². The fraction of sp³-hybridized carbons (Fsp3) is 0.400. The summed E-state index contributed by atoms with van der Waals surface area (Å²) in [6, 6.07) is 7.59. The summed E-state index contributed by atoms with van der Waals surface area (Å²) in [4.78, 5) is 18.3. The van der Waals surface area contributed by atoms with Crippen LogP contribution < -0.4 is 10.6 Å². The molecule has 2 N–H and O–H groups in total. The average Bonchev–Trinajstić information content (AvgIpc) is 2.72. The molecule has 0 bridgehead atoms. The number of benzene rings is 1. The van der Waals surface area contributed by atoms with E-state index in [1.165, 1.54) is 22.6 Å². The Morgan fingerprint density at radius 1 is 1.13 bits per heavy atom. The highest BCUT2D eigenvalue weighted by molar-refractivity contribution is 7.89. The molecule has 10 heteroatoms. The number of halogens is 1. The molecule has 2 aromatic rings. The Morgan fingerprint density at radius 3 is 2.47 bits per heavy atom. The molecule has 0 unspecified atom stereocenters. The molecule has 3 rings (SSSR count). The third-order valence-electron chi connectivity index (χ3n) is 4.95. The topological polar surface area (TPSA) is 94.6 Å². The van der Waals surface area contributed by atoms with E-state index in [9.17, 15) is 17.6 Å². The number of carbonyl (C=O) groups excluding carboxylic acids is 1. The summed E-state index contributed by atoms with van der Waals surface area (Å²) in [6.07, 6.45) is 1.53. The Kier molecular flexibility index (Phi) is 7.01. The molecule has 30 heavy (non-hydrogen) atoms. The molecule has 0 atom stereocenters. The second kappa shape index (κ2) is 9.50. The zero-order valence-corrected chi connectivity index (χ0v) is 17.9. The summed E-state index contributed by atoms with van der Waals surface area (Å²) < 4.78 is 39.8. The van der Waals surface area contributed by atoms with Gasteiger partial charge in [0.1, 0.15) is 5.82 Å². The maximum Gasteiger partial charge on any atom is 0.323 e. The number of hydrogen-bond acceptors (Lipinski definition) is 5. The molecule has 1 aliphatic heterocycles. The van der Waals surface area contributed by atoms with Crippen LogP contribution in [0.15, 0.2) is 36.5 Å². The molecule has 0 saturated carbocycles. The van der Waals surface area contributed by atoms with E-state index in [4.69, 9.17) is 0 Å². The van der Waals surface area contributed by atoms with E-state index in [1.54, 1.807) is 25.1 Å². The van der Waals surface area contributed by atoms with Gasteiger partial charge in [0.15, 0.2) is 0 Å². The number of aromatic nitrogens is 1. The van der Waals surface area contributed by atoms with Crippen LogP contribution in [-0.4, -0.2) is 60.6 Å². The van der Waals surface area contributed by atoms with Crippen molar-refractivity contribution in [2.45, 2.75) is 20.4 Å². The molecule has 1 aromatic heterocycles. The van der Waals surface area contributed by atoms with Crippen LogP contribution in [0.5, 0.6) is 0 Å². The maximum atomic E-state index is 14.5. The number of hydrogen-bond donors (Lipinski definition) is 2. The molecule has 1 saturated heterocycles. The Morgan fingerprint density at radius 2 is 1.87 bits per heavy atom. The van der Waals surface area contributed by atoms with Crippen molar-refractivity contribution >= 4 is 27.4 Å². The Hall–Kier alpha value is -2.56. The number of rotatable bonds is 6. The summed E-state index contributed by atoms with van der Waals surface area (Å²) in [6.45, 7) is 6.05. The molecular weight excluding hydrogens is 409 g/mol. The first kappa shape index (κ1) is 22.1. The highest BCUT2D eigenvalue weighted by atomic mass is 32.2. The first-order valence-electron chi connectivity index (χ1n) is 9.76. The number of nitrogens with zero attached hydrogens (tertiary/aromatic N) is 3. The van der Waals surface area contributed by atoms with Crippen LogP contribution >= 0.6 is 0 Å². The number of carbonyl (C=O) groups is 1. The Labute approximate surface area is 176 Å². The third kappa shape index (κ3) is 5.74. The van der Waals surface area contributed by atoms with Crippen molar-refractivity contribution in [3.05, 3.63) is 53.6 Å². The summed E-state index contributed by atoms with van der Waals surface area (Å²) in [5, 5.41) is 5.10. The maximum absolute atomic E-state index is 14.5. The van der Waals surface area contributed by atoms with Crippen LogP contribution in [0, 0.1) is 12.7 Å². The quantitative estimate of drug-likeness (QED) is 0.728. The van der Waals surface area contributed by atoms with E-state index >= 15 is 0 Å². The lowest BCUT2D eigenvalue weighted by Gasteiger charge is -2.33. The zero-order chi connectivity index (χ0) is 21.7. The molecule has 1 aliphatic rings. The van der Waals surface area contributed by atoms with Gasteiger partial charge in [-0.05, 0) is 43.7 Å². The van der Waals surface area contributed by atoms with Crippen LogP contribution in [0.25, 0.3) is 0 Å². The predicted octanol–water partition coefficient (Wildman–Crippen LogP) is 2.64. The zero-order valence-electron chi connectivity index (χ0n) is 17.1. The van der Waals surface area contributed by atoms with Crippen LogP contribution in [0.3, 0.4) is 0 Å². The second-order valence-corrected chi connectivity index (χ2v) is 9.41. The van der Waals surface area contributed by atoms with Crippen molar-refractivity contribution in [3.63, 3.8) is 0 Å². The van der Waals surface area contributed by atoms with E-state index in [0.717, 1.165) is 11.3 Å². The Bertz CT molecular complexity index is 990. The summed E-state index contributed by atoms with van der Waals surface area (Å²) >= 11 is 0. The molecule has 2 heterocycles. The molecule has 1 aromatic carbocycles. The molecule has 162 valence electrons. The molecular formula is C20H26FN5O3S. The fourth-order valence-electron chi connectivity index (χ4n) is 3.19. The average molecular weight is 436 g/mol. The normalized spacial score (nSPS) is 15.7. The van der Waals surface area contributed by atoms with Gasteiger partial charge in [-0.1, -0.05) is 6.07 Å². The predicted molar refractivity (Wildman–Crippen MR) is 114 cm³/mol. The lowest BCUT2D eigenvalue weighted by Crippen LogP contribution is -2.48. The van der Waals surface area contributed by atoms with Crippen molar-refractivity contribution in [1.82, 2.24) is 14.2 Å². The summed E-state index contributed by atoms with van der Waals surface area (Å²) in [5.74, 6) is -0.433. The van der Waals surface area contributed by atoms with Gasteiger partial charge in [0.25, 0.3) is 0 Å². The van der Waals surface area contributed by atoms with E-state index in [0.29, 0.717) is 38.4 Å². The molecule has 8 nitrogen and oxygen atoms in total. The number of pyridine rings is 1. The van der Waals surface area contributed by atoms with Gasteiger partial charge in [0.05, 0.1) is 23.3 Å². The number of urea groups is 1.